The van der Waals surface area contributed by atoms with Crippen LogP contribution in [-0.2, 0) is 29.4 Å². The van der Waals surface area contributed by atoms with Gasteiger partial charge in [0.15, 0.2) is 5.78 Å². The van der Waals surface area contributed by atoms with Crippen molar-refractivity contribution < 1.29 is 42.7 Å². The molecule has 8 aliphatic rings. The average molecular weight is 1020 g/mol. The molecule has 4 saturated carbocycles. The Labute approximate surface area is 428 Å². The topological polar surface area (TPSA) is 183 Å². The number of likely N-dealkylation sites (N-methyl/N-ethyl adjacent to an activating group) is 1. The van der Waals surface area contributed by atoms with Crippen LogP contribution in [0.25, 0.3) is 0 Å². The lowest BCUT2D eigenvalue weighted by Gasteiger charge is -2.53. The first-order chi connectivity index (χ1) is 34.6. The monoisotopic (exact) mass is 1020 g/mol. The summed E-state index contributed by atoms with van der Waals surface area (Å²) in [6.07, 6.45) is 10.5. The van der Waals surface area contributed by atoms with Crippen molar-refractivity contribution in [2.24, 2.45) is 5.41 Å². The quantitative estimate of drug-likeness (QED) is 0.0858. The fraction of sp³-hybridized carbons (Fsp3) is 0.509. The maximum Gasteiger partial charge on any atom is 0.266 e. The van der Waals surface area contributed by atoms with E-state index in [9.17, 15) is 24.0 Å². The number of anilines is 1. The van der Waals surface area contributed by atoms with Crippen LogP contribution in [0.1, 0.15) is 154 Å². The van der Waals surface area contributed by atoms with Gasteiger partial charge in [-0.3, -0.25) is 43.4 Å². The molecule has 0 aromatic heterocycles. The molecule has 2 spiro atoms. The van der Waals surface area contributed by atoms with Crippen molar-refractivity contribution in [3.05, 3.63) is 105 Å². The van der Waals surface area contributed by atoms with Crippen LogP contribution in [0.5, 0.6) is 5.75 Å². The second-order valence-electron chi connectivity index (χ2n) is 21.1. The molecule has 17 heteroatoms. The van der Waals surface area contributed by atoms with Crippen molar-refractivity contribution >= 4 is 70.1 Å². The number of unbranched alkanes of at least 4 members (excludes halogenated alkanes) is 2. The molecule has 3 aromatic carbocycles. The first-order valence-electron chi connectivity index (χ1n) is 25.7. The summed E-state index contributed by atoms with van der Waals surface area (Å²) in [6, 6.07) is 13.0. The number of halogens is 3. The molecule has 0 radical (unpaired) electrons. The minimum atomic E-state index is -1.32. The van der Waals surface area contributed by atoms with E-state index in [-0.39, 0.29) is 70.4 Å². The third-order valence-corrected chi connectivity index (χ3v) is 18.0. The van der Waals surface area contributed by atoms with Crippen LogP contribution in [-0.4, -0.2) is 93.9 Å². The molecule has 4 N–H and O–H groups in total. The summed E-state index contributed by atoms with van der Waals surface area (Å²) in [5.74, 6) is -3.80. The molecule has 14 nitrogen and oxygen atoms in total. The van der Waals surface area contributed by atoms with Crippen molar-refractivity contribution in [1.82, 2.24) is 25.8 Å². The van der Waals surface area contributed by atoms with Crippen LogP contribution in [0.3, 0.4) is 0 Å². The van der Waals surface area contributed by atoms with Gasteiger partial charge in [-0.25, -0.2) is 4.39 Å². The third-order valence-electron chi connectivity index (χ3n) is 17.5. The van der Waals surface area contributed by atoms with Gasteiger partial charge in [0.2, 0.25) is 23.6 Å². The minimum Gasteiger partial charge on any atom is -0.485 e. The Hall–Kier alpha value is -5.64. The molecule has 6 amide bonds. The lowest BCUT2D eigenvalue weighted by molar-refractivity contribution is -0.141. The van der Waals surface area contributed by atoms with E-state index in [0.29, 0.717) is 107 Å². The summed E-state index contributed by atoms with van der Waals surface area (Å²) >= 11 is 13.0. The summed E-state index contributed by atoms with van der Waals surface area (Å²) in [5, 5.41) is 12.8. The van der Waals surface area contributed by atoms with Crippen LogP contribution < -0.4 is 26.0 Å². The van der Waals surface area contributed by atoms with Crippen molar-refractivity contribution in [3.8, 4) is 5.75 Å². The lowest BCUT2D eigenvalue weighted by atomic mass is 9.55. The first-order valence-corrected chi connectivity index (χ1v) is 26.4. The molecule has 11 rings (SSSR count). The number of piperidine rings is 1. The number of ether oxygens (including phenoxy) is 1. The van der Waals surface area contributed by atoms with Crippen LogP contribution in [0, 0.1) is 11.2 Å². The molecular weight excluding hydrogens is 963 g/mol. The van der Waals surface area contributed by atoms with Crippen molar-refractivity contribution in [2.75, 3.05) is 25.0 Å². The van der Waals surface area contributed by atoms with Crippen molar-refractivity contribution in [2.45, 2.75) is 151 Å². The number of likely N-dealkylation sites (tertiary alicyclic amines) is 1. The maximum absolute atomic E-state index is 16.7. The minimum absolute atomic E-state index is 0.000181. The molecule has 380 valence electrons. The van der Waals surface area contributed by atoms with Gasteiger partial charge in [-0.1, -0.05) is 86.7 Å². The molecule has 3 aromatic rings. The standard InChI is InChI=1S/C55H61Cl2FN6O8/c1-3-63-45(43(36-14-10-15-38(57)44(36)58)55(54(63)21-7-5-8-22-54)37-19-18-33(56)30-39(37)61-51(55)71)47(67)62-53-26-23-52(24-27-53,25-28-53)50(70)59-29-9-4-6-12-34(65)31-72-41-16-11-13-35-42(41)49(69)64(48(35)68)40-20-17-32(2)60-46(40)66/h10-11,13-16,18-19,30,40,43,45H,2-9,12,17,20-29,31H2,1H3,(H,59,70)(H,60,66)(H,61,71)(H,62,67)/t40?,43-,45+,52?,53?,55+/m0/s1. The molecular formula is C55H61Cl2FN6O8. The zero-order valence-corrected chi connectivity index (χ0v) is 42.1. The third kappa shape index (κ3) is 8.03. The molecule has 2 saturated heterocycles. The number of ketones is 1. The highest BCUT2D eigenvalue weighted by atomic mass is 35.5. The Balaban J connectivity index is 0.747. The number of nitrogens with zero attached hydrogens (tertiary/aromatic N) is 2. The normalized spacial score (nSPS) is 28.2. The van der Waals surface area contributed by atoms with Gasteiger partial charge < -0.3 is 26.0 Å². The molecule has 72 heavy (non-hydrogen) atoms. The van der Waals surface area contributed by atoms with Gasteiger partial charge in [0.05, 0.1) is 22.2 Å². The Morgan fingerprint density at radius 3 is 2.33 bits per heavy atom. The van der Waals surface area contributed by atoms with E-state index in [1.165, 1.54) is 18.2 Å². The SMILES string of the molecule is C=C1CCC(N2C(=O)c3cccc(OCC(=O)CCCCCNC(=O)C45CCC(NC(=O)[C@H]6[C@H](c7cccc(Cl)c7F)[C@]7(C(=O)Nc8cc(Cl)ccc87)C7(CCCCC7)N6CC)(CC4)CC5)c3C2=O)C(=O)N1. The van der Waals surface area contributed by atoms with E-state index in [1.807, 2.05) is 13.0 Å². The van der Waals surface area contributed by atoms with Gasteiger partial charge in [-0.15, -0.1) is 0 Å². The summed E-state index contributed by atoms with van der Waals surface area (Å²) in [4.78, 5) is 99.7. The van der Waals surface area contributed by atoms with Gasteiger partial charge in [-0.05, 0) is 125 Å². The number of carbonyl (C=O) groups excluding carboxylic acids is 7. The van der Waals surface area contributed by atoms with Crippen LogP contribution in [0.2, 0.25) is 10.0 Å². The van der Waals surface area contributed by atoms with E-state index in [4.69, 9.17) is 27.9 Å². The number of carbonyl (C=O) groups is 7. The molecule has 2 bridgehead atoms. The highest BCUT2D eigenvalue weighted by molar-refractivity contribution is 6.31. The summed E-state index contributed by atoms with van der Waals surface area (Å²) in [7, 11) is 0. The number of imide groups is 1. The number of hydrogen-bond donors (Lipinski definition) is 4. The van der Waals surface area contributed by atoms with Crippen LogP contribution >= 0.6 is 23.2 Å². The molecule has 4 heterocycles. The van der Waals surface area contributed by atoms with E-state index in [1.54, 1.807) is 30.3 Å². The van der Waals surface area contributed by atoms with E-state index < -0.39 is 63.4 Å². The largest absolute Gasteiger partial charge is 0.485 e. The molecule has 4 aliphatic heterocycles. The zero-order chi connectivity index (χ0) is 50.7. The van der Waals surface area contributed by atoms with Crippen molar-refractivity contribution in [1.29, 1.82) is 0 Å². The number of nitrogens with one attached hydrogen (secondary N) is 4. The van der Waals surface area contributed by atoms with Crippen LogP contribution in [0.15, 0.2) is 66.9 Å². The summed E-state index contributed by atoms with van der Waals surface area (Å²) < 4.78 is 22.5. The van der Waals surface area contributed by atoms with Gasteiger partial charge in [0.1, 0.15) is 29.6 Å². The fourth-order valence-electron chi connectivity index (χ4n) is 14.0. The predicted octanol–water partition coefficient (Wildman–Crippen LogP) is 8.44. The Morgan fingerprint density at radius 1 is 0.875 bits per heavy atom. The first kappa shape index (κ1) is 49.9. The lowest BCUT2D eigenvalue weighted by Crippen LogP contribution is -2.63. The van der Waals surface area contributed by atoms with Gasteiger partial charge in [-0.2, -0.15) is 0 Å². The second-order valence-corrected chi connectivity index (χ2v) is 22.0. The number of fused-ring (bicyclic) bond motifs is 7. The number of allylic oxidation sites excluding steroid dienone is 1. The molecule has 6 fully saturated rings. The van der Waals surface area contributed by atoms with Gasteiger partial charge in [0, 0.05) is 51.8 Å². The Morgan fingerprint density at radius 2 is 1.61 bits per heavy atom. The summed E-state index contributed by atoms with van der Waals surface area (Å²) in [5.41, 5.74) is -1.01. The predicted molar refractivity (Wildman–Crippen MR) is 268 cm³/mol. The number of benzene rings is 3. The number of Topliss-reactive ketones (excluding diaryl/α,β-unsaturated/α-hetero) is 1. The highest BCUT2D eigenvalue weighted by Crippen LogP contribution is 2.67. The molecule has 4 atom stereocenters. The highest BCUT2D eigenvalue weighted by Gasteiger charge is 2.75. The molecule has 4 aliphatic carbocycles. The molecule has 1 unspecified atom stereocenters. The second kappa shape index (κ2) is 19.3. The van der Waals surface area contributed by atoms with E-state index in [0.717, 1.165) is 29.7 Å². The zero-order valence-electron chi connectivity index (χ0n) is 40.6. The number of rotatable bonds is 15. The van der Waals surface area contributed by atoms with Gasteiger partial charge >= 0.3 is 0 Å². The maximum atomic E-state index is 16.7. The average Bonchev–Trinajstić information content (AvgIpc) is 3.91. The van der Waals surface area contributed by atoms with Crippen LogP contribution in [0.4, 0.5) is 10.1 Å². The van der Waals surface area contributed by atoms with E-state index in [2.05, 4.69) is 32.7 Å². The Kier molecular flexibility index (Phi) is 13.4. The Bertz CT molecular complexity index is 2770. The number of hydrogen-bond acceptors (Lipinski definition) is 9. The van der Waals surface area contributed by atoms with Gasteiger partial charge in [0.25, 0.3) is 11.8 Å². The van der Waals surface area contributed by atoms with E-state index >= 15 is 14.0 Å². The fourth-order valence-corrected chi connectivity index (χ4v) is 14.4. The van der Waals surface area contributed by atoms with Crippen molar-refractivity contribution in [3.63, 3.8) is 0 Å². The smallest absolute Gasteiger partial charge is 0.266 e. The number of amides is 6. The summed E-state index contributed by atoms with van der Waals surface area (Å²) in [6.45, 7) is 6.40.